The summed E-state index contributed by atoms with van der Waals surface area (Å²) in [6, 6.07) is 27.7. The number of benzene rings is 4. The Bertz CT molecular complexity index is 1750. The molecule has 0 aromatic heterocycles. The summed E-state index contributed by atoms with van der Waals surface area (Å²) in [7, 11) is 1.56. The van der Waals surface area contributed by atoms with E-state index in [1.54, 1.807) is 55.6 Å². The van der Waals surface area contributed by atoms with Gasteiger partial charge in [0.15, 0.2) is 17.3 Å². The predicted molar refractivity (Wildman–Crippen MR) is 161 cm³/mol. The van der Waals surface area contributed by atoms with Crippen molar-refractivity contribution in [3.05, 3.63) is 131 Å². The molecule has 0 saturated carbocycles. The third kappa shape index (κ3) is 3.48. The molecule has 1 fully saturated rings. The van der Waals surface area contributed by atoms with Crippen molar-refractivity contribution < 1.29 is 23.9 Å². The Hall–Kier alpha value is -4.97. The molecular weight excluding hydrogens is 526 g/mol. The van der Waals surface area contributed by atoms with Gasteiger partial charge in [0.05, 0.1) is 19.8 Å². The van der Waals surface area contributed by atoms with Crippen LogP contribution in [0.25, 0.3) is 6.08 Å². The van der Waals surface area contributed by atoms with Gasteiger partial charge in [0, 0.05) is 33.9 Å². The first kappa shape index (κ1) is 26.0. The van der Waals surface area contributed by atoms with E-state index in [9.17, 15) is 14.4 Å². The Morgan fingerprint density at radius 2 is 1.55 bits per heavy atom. The number of ether oxygens (including phenoxy) is 2. The fourth-order valence-corrected chi connectivity index (χ4v) is 7.23. The highest BCUT2D eigenvalue weighted by molar-refractivity contribution is 6.32. The molecule has 2 aliphatic heterocycles. The van der Waals surface area contributed by atoms with Gasteiger partial charge in [0.1, 0.15) is 23.0 Å². The summed E-state index contributed by atoms with van der Waals surface area (Å²) in [5.41, 5.74) is 2.03. The van der Waals surface area contributed by atoms with E-state index >= 15 is 0 Å². The van der Waals surface area contributed by atoms with E-state index in [0.717, 1.165) is 11.3 Å². The maximum absolute atomic E-state index is 14.9. The molecule has 2 heterocycles. The molecule has 208 valence electrons. The highest BCUT2D eigenvalue weighted by atomic mass is 16.5. The molecule has 6 nitrogen and oxygen atoms in total. The number of fused-ring (bicyclic) bond motifs is 5. The normalized spacial score (nSPS) is 21.2. The number of rotatable bonds is 6. The Kier molecular flexibility index (Phi) is 6.08. The van der Waals surface area contributed by atoms with Crippen LogP contribution in [0.3, 0.4) is 0 Å². The van der Waals surface area contributed by atoms with Gasteiger partial charge in [0.25, 0.3) is 0 Å². The van der Waals surface area contributed by atoms with E-state index in [1.165, 1.54) is 0 Å². The van der Waals surface area contributed by atoms with Crippen LogP contribution in [0.1, 0.15) is 55.0 Å². The minimum Gasteiger partial charge on any atom is -0.497 e. The average Bonchev–Trinajstić information content (AvgIpc) is 3.47. The van der Waals surface area contributed by atoms with Crippen LogP contribution < -0.4 is 14.4 Å². The number of anilines is 1. The third-order valence-corrected chi connectivity index (χ3v) is 8.89. The molecule has 3 aliphatic rings. The van der Waals surface area contributed by atoms with Crippen molar-refractivity contribution in [3.8, 4) is 11.5 Å². The van der Waals surface area contributed by atoms with Crippen LogP contribution in [0.5, 0.6) is 11.5 Å². The molecular formula is C36H29NO5. The molecule has 42 heavy (non-hydrogen) atoms. The van der Waals surface area contributed by atoms with Crippen molar-refractivity contribution in [1.29, 1.82) is 0 Å². The monoisotopic (exact) mass is 555 g/mol. The number of Topliss-reactive ketones (excluding diaryl/α,β-unsaturated/α-hetero) is 3. The lowest BCUT2D eigenvalue weighted by Gasteiger charge is -2.37. The van der Waals surface area contributed by atoms with Crippen molar-refractivity contribution in [2.45, 2.75) is 24.9 Å². The number of hydrogen-bond acceptors (Lipinski definition) is 6. The first-order valence-electron chi connectivity index (χ1n) is 14.2. The minimum absolute atomic E-state index is 0.200. The van der Waals surface area contributed by atoms with E-state index in [4.69, 9.17) is 9.47 Å². The van der Waals surface area contributed by atoms with Gasteiger partial charge in [-0.05, 0) is 36.8 Å². The number of carbonyl (C=O) groups is 3. The van der Waals surface area contributed by atoms with E-state index < -0.39 is 23.4 Å². The maximum atomic E-state index is 14.9. The van der Waals surface area contributed by atoms with Crippen LogP contribution in [0.4, 0.5) is 5.69 Å². The summed E-state index contributed by atoms with van der Waals surface area (Å²) in [6.45, 7) is 2.29. The molecule has 4 aromatic rings. The zero-order valence-electron chi connectivity index (χ0n) is 23.3. The molecule has 7 rings (SSSR count). The van der Waals surface area contributed by atoms with Crippen LogP contribution in [-0.2, 0) is 0 Å². The first-order chi connectivity index (χ1) is 20.5. The second-order valence-corrected chi connectivity index (χ2v) is 10.8. The van der Waals surface area contributed by atoms with Crippen molar-refractivity contribution >= 4 is 29.1 Å². The van der Waals surface area contributed by atoms with Gasteiger partial charge in [0.2, 0.25) is 0 Å². The average molecular weight is 556 g/mol. The van der Waals surface area contributed by atoms with Gasteiger partial charge in [-0.15, -0.1) is 0 Å². The minimum atomic E-state index is -1.58. The van der Waals surface area contributed by atoms with Crippen molar-refractivity contribution in [3.63, 3.8) is 0 Å². The molecule has 1 saturated heterocycles. The number of nitrogens with zero attached hydrogens (tertiary/aromatic N) is 1. The summed E-state index contributed by atoms with van der Waals surface area (Å²) in [5.74, 6) is -0.461. The van der Waals surface area contributed by atoms with Crippen molar-refractivity contribution in [2.75, 3.05) is 18.6 Å². The largest absolute Gasteiger partial charge is 0.497 e. The summed E-state index contributed by atoms with van der Waals surface area (Å²) >= 11 is 0. The van der Waals surface area contributed by atoms with Crippen molar-refractivity contribution in [1.82, 2.24) is 0 Å². The molecule has 0 N–H and O–H groups in total. The van der Waals surface area contributed by atoms with Crippen molar-refractivity contribution in [2.24, 2.45) is 5.41 Å². The zero-order chi connectivity index (χ0) is 29.0. The number of methoxy groups -OCH3 is 1. The fraction of sp³-hybridized carbons (Fsp3) is 0.194. The van der Waals surface area contributed by atoms with Gasteiger partial charge in [-0.25, -0.2) is 0 Å². The SMILES string of the molecule is CCOc1ccccc1[C@@H]1[C@@H](C(=O)c2cccc(OC)c2)N2c3ccccc3C=C[C@@H]2C12C(=O)c1ccccc1C2=O. The van der Waals surface area contributed by atoms with Gasteiger partial charge in [-0.1, -0.05) is 84.9 Å². The Labute approximate surface area is 244 Å². The standard InChI is InChI=1S/C36H29NO5/c1-3-42-29-18-9-7-16-27(29)31-32(33(38)23-12-10-13-24(21-23)41-2)37-28-17-8-4-11-22(28)19-20-30(37)36(31)34(39)25-14-5-6-15-26(25)35(36)40/h4-21,30-32H,3H2,1-2H3/t30-,31-,32+/m1/s1. The van der Waals surface area contributed by atoms with E-state index in [1.807, 2.05) is 72.5 Å². The fourth-order valence-electron chi connectivity index (χ4n) is 7.23. The molecule has 4 aromatic carbocycles. The van der Waals surface area contributed by atoms with E-state index in [0.29, 0.717) is 40.4 Å². The smallest absolute Gasteiger partial charge is 0.186 e. The van der Waals surface area contributed by atoms with E-state index in [2.05, 4.69) is 0 Å². The van der Waals surface area contributed by atoms with Gasteiger partial charge < -0.3 is 14.4 Å². The first-order valence-corrected chi connectivity index (χ1v) is 14.2. The molecule has 3 atom stereocenters. The summed E-state index contributed by atoms with van der Waals surface area (Å²) in [5, 5.41) is 0. The molecule has 6 heteroatoms. The molecule has 0 amide bonds. The predicted octanol–water partition coefficient (Wildman–Crippen LogP) is 6.41. The van der Waals surface area contributed by atoms with E-state index in [-0.39, 0.29) is 17.3 Å². The number of para-hydroxylation sites is 2. The Morgan fingerprint density at radius 1 is 0.857 bits per heavy atom. The number of ketones is 3. The highest BCUT2D eigenvalue weighted by Gasteiger charge is 2.71. The molecule has 0 radical (unpaired) electrons. The molecule has 0 unspecified atom stereocenters. The maximum Gasteiger partial charge on any atom is 0.186 e. The van der Waals surface area contributed by atoms with Gasteiger partial charge in [-0.2, -0.15) is 0 Å². The molecule has 1 spiro atoms. The molecule has 1 aliphatic carbocycles. The van der Waals surface area contributed by atoms with Crippen LogP contribution >= 0.6 is 0 Å². The van der Waals surface area contributed by atoms with Crippen LogP contribution in [0.2, 0.25) is 0 Å². The quantitative estimate of drug-likeness (QED) is 0.202. The lowest BCUT2D eigenvalue weighted by molar-refractivity contribution is 0.0664. The zero-order valence-corrected chi connectivity index (χ0v) is 23.3. The molecule has 0 bridgehead atoms. The summed E-state index contributed by atoms with van der Waals surface area (Å²) in [4.78, 5) is 46.5. The summed E-state index contributed by atoms with van der Waals surface area (Å²) < 4.78 is 11.6. The third-order valence-electron chi connectivity index (χ3n) is 8.89. The number of hydrogen-bond donors (Lipinski definition) is 0. The summed E-state index contributed by atoms with van der Waals surface area (Å²) in [6.07, 6.45) is 3.89. The van der Waals surface area contributed by atoms with Crippen LogP contribution in [0, 0.1) is 5.41 Å². The Balaban J connectivity index is 1.56. The van der Waals surface area contributed by atoms with Gasteiger partial charge in [-0.3, -0.25) is 14.4 Å². The lowest BCUT2D eigenvalue weighted by Crippen LogP contribution is -2.48. The second kappa shape index (κ2) is 9.84. The van der Waals surface area contributed by atoms with Crippen LogP contribution in [-0.4, -0.2) is 43.2 Å². The van der Waals surface area contributed by atoms with Gasteiger partial charge >= 0.3 is 0 Å². The van der Waals surface area contributed by atoms with Crippen LogP contribution in [0.15, 0.2) is 103 Å². The topological polar surface area (TPSA) is 72.9 Å². The Morgan fingerprint density at radius 3 is 2.29 bits per heavy atom. The number of carbonyl (C=O) groups excluding carboxylic acids is 3. The second-order valence-electron chi connectivity index (χ2n) is 10.8. The highest BCUT2D eigenvalue weighted by Crippen LogP contribution is 2.62. The lowest BCUT2D eigenvalue weighted by atomic mass is 9.64.